The lowest BCUT2D eigenvalue weighted by atomic mass is 10.1. The number of carbonyl (C=O) groups excluding carboxylic acids is 1. The number of nitrogens with zero attached hydrogens (tertiary/aromatic N) is 4. The maximum atomic E-state index is 13.8. The van der Waals surface area contributed by atoms with Crippen LogP contribution in [0.1, 0.15) is 10.4 Å². The molecule has 0 radical (unpaired) electrons. The first-order valence-electron chi connectivity index (χ1n) is 8.24. The molecule has 1 fully saturated rings. The molecule has 0 aliphatic carbocycles. The maximum Gasteiger partial charge on any atom is 0.256 e. The van der Waals surface area contributed by atoms with Gasteiger partial charge in [0.1, 0.15) is 16.2 Å². The molecule has 1 amide bonds. The fraction of sp³-hybridized carbons (Fsp3) is 0.235. The SMILES string of the molecule is O=C(c1ccccc1F)N1CCN(S(=O)(=O)c2cccc3nonc23)CC1. The Hall–Kier alpha value is -2.85. The summed E-state index contributed by atoms with van der Waals surface area (Å²) in [4.78, 5) is 13.9. The number of piperazine rings is 1. The molecule has 2 aromatic carbocycles. The van der Waals surface area contributed by atoms with Crippen LogP contribution in [0.2, 0.25) is 0 Å². The molecule has 140 valence electrons. The van der Waals surface area contributed by atoms with Gasteiger partial charge in [0.05, 0.1) is 5.56 Å². The van der Waals surface area contributed by atoms with Crippen LogP contribution in [0, 0.1) is 5.82 Å². The lowest BCUT2D eigenvalue weighted by molar-refractivity contribution is 0.0693. The van der Waals surface area contributed by atoms with Gasteiger partial charge >= 0.3 is 0 Å². The van der Waals surface area contributed by atoms with E-state index in [1.165, 1.54) is 33.5 Å². The third-order valence-corrected chi connectivity index (χ3v) is 6.43. The van der Waals surface area contributed by atoms with Gasteiger partial charge in [-0.2, -0.15) is 4.31 Å². The Morgan fingerprint density at radius 1 is 1.00 bits per heavy atom. The third-order valence-electron chi connectivity index (χ3n) is 4.50. The molecular weight excluding hydrogens is 375 g/mol. The minimum Gasteiger partial charge on any atom is -0.336 e. The van der Waals surface area contributed by atoms with Crippen LogP contribution in [-0.2, 0) is 10.0 Å². The first kappa shape index (κ1) is 17.6. The Labute approximate surface area is 154 Å². The van der Waals surface area contributed by atoms with Crippen molar-refractivity contribution in [2.75, 3.05) is 26.2 Å². The van der Waals surface area contributed by atoms with Crippen molar-refractivity contribution in [3.05, 3.63) is 53.8 Å². The van der Waals surface area contributed by atoms with E-state index in [0.717, 1.165) is 0 Å². The minimum atomic E-state index is -3.82. The molecule has 1 aliphatic rings. The quantitative estimate of drug-likeness (QED) is 0.673. The number of hydrogen-bond donors (Lipinski definition) is 0. The molecular formula is C17H15FN4O4S. The van der Waals surface area contributed by atoms with Crippen LogP contribution < -0.4 is 0 Å². The zero-order valence-corrected chi connectivity index (χ0v) is 14.9. The van der Waals surface area contributed by atoms with E-state index in [-0.39, 0.29) is 42.2 Å². The number of hydrogen-bond acceptors (Lipinski definition) is 6. The number of rotatable bonds is 3. The molecule has 1 aliphatic heterocycles. The fourth-order valence-corrected chi connectivity index (χ4v) is 4.62. The van der Waals surface area contributed by atoms with Crippen molar-refractivity contribution in [1.82, 2.24) is 19.5 Å². The standard InChI is InChI=1S/C17H15FN4O4S/c18-13-5-2-1-4-12(13)17(23)21-8-10-22(11-9-21)27(24,25)15-7-3-6-14-16(15)20-26-19-14/h1-7H,8-11H2. The van der Waals surface area contributed by atoms with Crippen LogP contribution in [0.3, 0.4) is 0 Å². The van der Waals surface area contributed by atoms with E-state index in [9.17, 15) is 17.6 Å². The number of halogens is 1. The van der Waals surface area contributed by atoms with E-state index in [4.69, 9.17) is 0 Å². The largest absolute Gasteiger partial charge is 0.336 e. The van der Waals surface area contributed by atoms with Crippen LogP contribution in [0.15, 0.2) is 52.0 Å². The maximum absolute atomic E-state index is 13.8. The summed E-state index contributed by atoms with van der Waals surface area (Å²) in [5.41, 5.74) is 0.499. The van der Waals surface area contributed by atoms with Crippen LogP contribution in [0.5, 0.6) is 0 Å². The van der Waals surface area contributed by atoms with Crippen molar-refractivity contribution in [2.45, 2.75) is 4.90 Å². The third kappa shape index (κ3) is 3.06. The number of fused-ring (bicyclic) bond motifs is 1. The molecule has 1 saturated heterocycles. The number of sulfonamides is 1. The summed E-state index contributed by atoms with van der Waals surface area (Å²) < 4.78 is 45.6. The summed E-state index contributed by atoms with van der Waals surface area (Å²) in [5, 5.41) is 7.33. The number of aromatic nitrogens is 2. The van der Waals surface area contributed by atoms with E-state index >= 15 is 0 Å². The highest BCUT2D eigenvalue weighted by Gasteiger charge is 2.32. The highest BCUT2D eigenvalue weighted by molar-refractivity contribution is 7.89. The molecule has 0 unspecified atom stereocenters. The molecule has 2 heterocycles. The smallest absolute Gasteiger partial charge is 0.256 e. The Balaban J connectivity index is 1.53. The average molecular weight is 390 g/mol. The minimum absolute atomic E-state index is 0.00938. The monoisotopic (exact) mass is 390 g/mol. The molecule has 8 nitrogen and oxygen atoms in total. The van der Waals surface area contributed by atoms with Gasteiger partial charge in [-0.15, -0.1) is 0 Å². The fourth-order valence-electron chi connectivity index (χ4n) is 3.07. The molecule has 3 aromatic rings. The number of carbonyl (C=O) groups is 1. The normalized spacial score (nSPS) is 16.0. The number of benzene rings is 2. The van der Waals surface area contributed by atoms with Crippen molar-refractivity contribution in [2.24, 2.45) is 0 Å². The summed E-state index contributed by atoms with van der Waals surface area (Å²) in [7, 11) is -3.82. The van der Waals surface area contributed by atoms with Crippen molar-refractivity contribution in [3.8, 4) is 0 Å². The van der Waals surface area contributed by atoms with Crippen LogP contribution >= 0.6 is 0 Å². The van der Waals surface area contributed by atoms with Gasteiger partial charge in [0.15, 0.2) is 5.52 Å². The van der Waals surface area contributed by atoms with Crippen molar-refractivity contribution in [3.63, 3.8) is 0 Å². The summed E-state index contributed by atoms with van der Waals surface area (Å²) in [6.07, 6.45) is 0. The van der Waals surface area contributed by atoms with Gasteiger partial charge in [0, 0.05) is 26.2 Å². The van der Waals surface area contributed by atoms with Crippen molar-refractivity contribution >= 4 is 27.0 Å². The molecule has 27 heavy (non-hydrogen) atoms. The first-order valence-corrected chi connectivity index (χ1v) is 9.68. The second-order valence-electron chi connectivity index (χ2n) is 6.06. The van der Waals surface area contributed by atoms with Crippen LogP contribution in [0.4, 0.5) is 4.39 Å². The van der Waals surface area contributed by atoms with Gasteiger partial charge < -0.3 is 4.90 Å². The molecule has 0 N–H and O–H groups in total. The van der Waals surface area contributed by atoms with Crippen LogP contribution in [0.25, 0.3) is 11.0 Å². The van der Waals surface area contributed by atoms with E-state index in [1.807, 2.05) is 0 Å². The highest BCUT2D eigenvalue weighted by atomic mass is 32.2. The Morgan fingerprint density at radius 2 is 1.74 bits per heavy atom. The predicted octanol–water partition coefficient (Wildman–Crippen LogP) is 1.51. The van der Waals surface area contributed by atoms with E-state index in [1.54, 1.807) is 18.2 Å². The zero-order chi connectivity index (χ0) is 19.0. The molecule has 0 bridgehead atoms. The second-order valence-corrected chi connectivity index (χ2v) is 7.97. The highest BCUT2D eigenvalue weighted by Crippen LogP contribution is 2.24. The lowest BCUT2D eigenvalue weighted by Crippen LogP contribution is -2.50. The molecule has 0 spiro atoms. The van der Waals surface area contributed by atoms with Gasteiger partial charge in [-0.25, -0.2) is 17.4 Å². The topological polar surface area (TPSA) is 96.6 Å². The van der Waals surface area contributed by atoms with Gasteiger partial charge in [-0.3, -0.25) is 4.79 Å². The summed E-state index contributed by atoms with van der Waals surface area (Å²) >= 11 is 0. The second kappa shape index (κ2) is 6.71. The molecule has 10 heteroatoms. The van der Waals surface area contributed by atoms with Gasteiger partial charge in [0.2, 0.25) is 10.0 Å². The van der Waals surface area contributed by atoms with Gasteiger partial charge in [0.25, 0.3) is 5.91 Å². The number of amides is 1. The summed E-state index contributed by atoms with van der Waals surface area (Å²) in [6, 6.07) is 10.4. The van der Waals surface area contributed by atoms with Gasteiger partial charge in [-0.05, 0) is 34.6 Å². The zero-order valence-electron chi connectivity index (χ0n) is 14.1. The van der Waals surface area contributed by atoms with Crippen molar-refractivity contribution in [1.29, 1.82) is 0 Å². The first-order chi connectivity index (χ1) is 13.0. The Kier molecular flexibility index (Phi) is 4.36. The Morgan fingerprint density at radius 3 is 2.48 bits per heavy atom. The summed E-state index contributed by atoms with van der Waals surface area (Å²) in [6.45, 7) is 0.535. The van der Waals surface area contributed by atoms with Gasteiger partial charge in [-0.1, -0.05) is 18.2 Å². The molecule has 4 rings (SSSR count). The Bertz CT molecular complexity index is 1110. The van der Waals surface area contributed by atoms with Crippen molar-refractivity contribution < 1.29 is 22.2 Å². The van der Waals surface area contributed by atoms with Crippen LogP contribution in [-0.4, -0.2) is 60.0 Å². The molecule has 0 atom stereocenters. The lowest BCUT2D eigenvalue weighted by Gasteiger charge is -2.34. The average Bonchev–Trinajstić information content (AvgIpc) is 3.16. The summed E-state index contributed by atoms with van der Waals surface area (Å²) in [5.74, 6) is -1.05. The predicted molar refractivity (Wildman–Crippen MR) is 92.9 cm³/mol. The van der Waals surface area contributed by atoms with E-state index in [2.05, 4.69) is 14.9 Å². The molecule has 1 aromatic heterocycles. The molecule has 0 saturated carbocycles. The van der Waals surface area contributed by atoms with E-state index < -0.39 is 21.7 Å². The van der Waals surface area contributed by atoms with E-state index in [0.29, 0.717) is 5.52 Å².